The first-order chi connectivity index (χ1) is 11.9. The second-order valence-corrected chi connectivity index (χ2v) is 7.23. The Labute approximate surface area is 157 Å². The van der Waals surface area contributed by atoms with Gasteiger partial charge in [0.2, 0.25) is 0 Å². The van der Waals surface area contributed by atoms with Gasteiger partial charge in [-0.15, -0.1) is 0 Å². The van der Waals surface area contributed by atoms with E-state index in [2.05, 4.69) is 27.6 Å². The van der Waals surface area contributed by atoms with E-state index in [1.165, 1.54) is 12.1 Å². The number of benzene rings is 2. The van der Waals surface area contributed by atoms with E-state index in [1.54, 1.807) is 0 Å². The van der Waals surface area contributed by atoms with Gasteiger partial charge in [0.1, 0.15) is 0 Å². The van der Waals surface area contributed by atoms with Crippen LogP contribution in [-0.4, -0.2) is 11.5 Å². The van der Waals surface area contributed by atoms with Gasteiger partial charge in [-0.2, -0.15) is 13.2 Å². The first-order valence-corrected chi connectivity index (χ1v) is 9.16. The molecule has 0 unspecified atom stereocenters. The van der Waals surface area contributed by atoms with E-state index in [0.717, 1.165) is 44.8 Å². The lowest BCUT2D eigenvalue weighted by Crippen LogP contribution is -2.04. The summed E-state index contributed by atoms with van der Waals surface area (Å²) in [6.07, 6.45) is -1.96. The number of aromatic amines is 1. The zero-order valence-corrected chi connectivity index (χ0v) is 15.6. The summed E-state index contributed by atoms with van der Waals surface area (Å²) < 4.78 is 40.4. The lowest BCUT2D eigenvalue weighted by Gasteiger charge is -2.08. The highest BCUT2D eigenvalue weighted by Gasteiger charge is 2.31. The maximum Gasteiger partial charge on any atom is 0.416 e. The third-order valence-electron chi connectivity index (χ3n) is 4.25. The molecule has 6 heteroatoms. The normalized spacial score (nSPS) is 12.0. The number of unbranched alkanes of at least 4 members (excludes halogenated alkanes) is 1. The molecule has 0 fully saturated rings. The molecule has 2 nitrogen and oxygen atoms in total. The number of nitrogens with two attached hydrogens (primary N) is 1. The largest absolute Gasteiger partial charge is 0.416 e. The van der Waals surface area contributed by atoms with Gasteiger partial charge in [-0.3, -0.25) is 0 Å². The van der Waals surface area contributed by atoms with E-state index in [9.17, 15) is 13.2 Å². The molecule has 0 amide bonds. The molecule has 1 aromatic heterocycles. The van der Waals surface area contributed by atoms with Crippen LogP contribution < -0.4 is 5.73 Å². The van der Waals surface area contributed by atoms with Crippen LogP contribution in [0.3, 0.4) is 0 Å². The van der Waals surface area contributed by atoms with Crippen LogP contribution in [0.25, 0.3) is 22.2 Å². The summed E-state index contributed by atoms with van der Waals surface area (Å²) in [6, 6.07) is 11.9. The topological polar surface area (TPSA) is 41.8 Å². The van der Waals surface area contributed by atoms with Crippen LogP contribution >= 0.6 is 22.6 Å². The zero-order chi connectivity index (χ0) is 18.0. The first-order valence-electron chi connectivity index (χ1n) is 8.08. The molecular formula is C19H18F3IN2. The summed E-state index contributed by atoms with van der Waals surface area (Å²) in [5.41, 5.74) is 8.48. The monoisotopic (exact) mass is 458 g/mol. The van der Waals surface area contributed by atoms with Crippen molar-refractivity contribution in [3.63, 3.8) is 0 Å². The van der Waals surface area contributed by atoms with Crippen molar-refractivity contribution in [2.24, 2.45) is 5.73 Å². The molecule has 1 heterocycles. The van der Waals surface area contributed by atoms with Crippen molar-refractivity contribution >= 4 is 33.5 Å². The minimum absolute atomic E-state index is 0.578. The van der Waals surface area contributed by atoms with Crippen LogP contribution in [0.2, 0.25) is 0 Å². The first kappa shape index (κ1) is 18.3. The average Bonchev–Trinajstić information content (AvgIpc) is 2.93. The Balaban J connectivity index is 2.14. The molecule has 0 saturated carbocycles. The van der Waals surface area contributed by atoms with Crippen molar-refractivity contribution in [3.8, 4) is 11.3 Å². The smallest absolute Gasteiger partial charge is 0.354 e. The Kier molecular flexibility index (Phi) is 5.38. The van der Waals surface area contributed by atoms with Crippen LogP contribution in [0, 0.1) is 3.57 Å². The van der Waals surface area contributed by atoms with Gasteiger partial charge < -0.3 is 10.7 Å². The van der Waals surface area contributed by atoms with Crippen molar-refractivity contribution in [2.45, 2.75) is 25.4 Å². The van der Waals surface area contributed by atoms with Gasteiger partial charge in [0, 0.05) is 20.2 Å². The Morgan fingerprint density at radius 1 is 1.00 bits per heavy atom. The Hall–Kier alpha value is -1.54. The minimum atomic E-state index is -4.34. The van der Waals surface area contributed by atoms with Crippen LogP contribution in [-0.2, 0) is 12.6 Å². The van der Waals surface area contributed by atoms with Crippen LogP contribution in [0.4, 0.5) is 13.2 Å². The highest BCUT2D eigenvalue weighted by atomic mass is 127. The van der Waals surface area contributed by atoms with Gasteiger partial charge in [0.25, 0.3) is 0 Å². The van der Waals surface area contributed by atoms with Crippen LogP contribution in [0.5, 0.6) is 0 Å². The predicted molar refractivity (Wildman–Crippen MR) is 103 cm³/mol. The fourth-order valence-corrected chi connectivity index (χ4v) is 3.35. The molecule has 0 aliphatic carbocycles. The molecule has 0 atom stereocenters. The summed E-state index contributed by atoms with van der Waals surface area (Å²) in [7, 11) is 0. The zero-order valence-electron chi connectivity index (χ0n) is 13.5. The maximum atomic E-state index is 13.1. The molecule has 3 rings (SSSR count). The number of nitrogens with one attached hydrogen (secondary N) is 1. The molecule has 132 valence electrons. The summed E-state index contributed by atoms with van der Waals surface area (Å²) >= 11 is 2.23. The lowest BCUT2D eigenvalue weighted by molar-refractivity contribution is -0.137. The van der Waals surface area contributed by atoms with E-state index < -0.39 is 11.7 Å². The van der Waals surface area contributed by atoms with Crippen molar-refractivity contribution in [1.29, 1.82) is 0 Å². The second kappa shape index (κ2) is 7.37. The van der Waals surface area contributed by atoms with Gasteiger partial charge in [0.05, 0.1) is 5.56 Å². The highest BCUT2D eigenvalue weighted by molar-refractivity contribution is 14.1. The predicted octanol–water partition coefficient (Wildman–Crippen LogP) is 5.74. The molecule has 0 aliphatic heterocycles. The SMILES string of the molecule is NCCCCc1c(-c2ccc(I)cc2)[nH]c2ccc(C(F)(F)F)cc12. The second-order valence-electron chi connectivity index (χ2n) is 5.99. The number of halogens is 4. The van der Waals surface area contributed by atoms with E-state index in [-0.39, 0.29) is 0 Å². The molecule has 0 aliphatic rings. The number of hydrogen-bond acceptors (Lipinski definition) is 1. The Morgan fingerprint density at radius 2 is 1.72 bits per heavy atom. The molecule has 0 radical (unpaired) electrons. The molecular weight excluding hydrogens is 440 g/mol. The van der Waals surface area contributed by atoms with Crippen molar-refractivity contribution in [2.75, 3.05) is 6.54 Å². The third-order valence-corrected chi connectivity index (χ3v) is 4.97. The standard InChI is InChI=1S/C19H18F3IN2/c20-19(21,22)13-6-9-17-16(11-13)15(3-1-2-10-24)18(25-17)12-4-7-14(23)8-5-12/h4-9,11,25H,1-3,10,24H2. The highest BCUT2D eigenvalue weighted by Crippen LogP contribution is 2.36. The number of fused-ring (bicyclic) bond motifs is 1. The lowest BCUT2D eigenvalue weighted by atomic mass is 9.99. The van der Waals surface area contributed by atoms with E-state index in [1.807, 2.05) is 24.3 Å². The van der Waals surface area contributed by atoms with Gasteiger partial charge in [0.15, 0.2) is 0 Å². The number of H-pyrrole nitrogens is 1. The Bertz CT molecular complexity index is 867. The molecule has 3 aromatic rings. The fraction of sp³-hybridized carbons (Fsp3) is 0.263. The van der Waals surface area contributed by atoms with Gasteiger partial charge in [-0.1, -0.05) is 12.1 Å². The van der Waals surface area contributed by atoms with Crippen molar-refractivity contribution in [1.82, 2.24) is 4.98 Å². The summed E-state index contributed by atoms with van der Waals surface area (Å²) in [5, 5.41) is 0.639. The van der Waals surface area contributed by atoms with Gasteiger partial charge in [-0.25, -0.2) is 0 Å². The third kappa shape index (κ3) is 4.00. The summed E-state index contributed by atoms with van der Waals surface area (Å²) in [5.74, 6) is 0. The van der Waals surface area contributed by atoms with Gasteiger partial charge >= 0.3 is 6.18 Å². The van der Waals surface area contributed by atoms with Crippen molar-refractivity contribution in [3.05, 3.63) is 57.2 Å². The molecule has 3 N–H and O–H groups in total. The van der Waals surface area contributed by atoms with E-state index in [0.29, 0.717) is 18.4 Å². The number of aromatic nitrogens is 1. The van der Waals surface area contributed by atoms with Crippen molar-refractivity contribution < 1.29 is 13.2 Å². The number of alkyl halides is 3. The van der Waals surface area contributed by atoms with E-state index >= 15 is 0 Å². The fourth-order valence-electron chi connectivity index (χ4n) is 2.99. The molecule has 0 saturated heterocycles. The summed E-state index contributed by atoms with van der Waals surface area (Å²) in [6.45, 7) is 0.578. The summed E-state index contributed by atoms with van der Waals surface area (Å²) in [4.78, 5) is 3.30. The minimum Gasteiger partial charge on any atom is -0.354 e. The van der Waals surface area contributed by atoms with Gasteiger partial charge in [-0.05, 0) is 89.9 Å². The Morgan fingerprint density at radius 3 is 2.36 bits per heavy atom. The average molecular weight is 458 g/mol. The quantitative estimate of drug-likeness (QED) is 0.372. The molecule has 0 spiro atoms. The number of aryl methyl sites for hydroxylation is 1. The number of rotatable bonds is 5. The number of hydrogen-bond donors (Lipinski definition) is 2. The van der Waals surface area contributed by atoms with Crippen LogP contribution in [0.1, 0.15) is 24.0 Å². The van der Waals surface area contributed by atoms with E-state index in [4.69, 9.17) is 5.73 Å². The maximum absolute atomic E-state index is 13.1. The van der Waals surface area contributed by atoms with Crippen LogP contribution in [0.15, 0.2) is 42.5 Å². The molecule has 0 bridgehead atoms. The molecule has 2 aromatic carbocycles. The molecule has 25 heavy (non-hydrogen) atoms.